The van der Waals surface area contributed by atoms with Crippen molar-refractivity contribution in [1.29, 1.82) is 0 Å². The first kappa shape index (κ1) is 9.96. The minimum Gasteiger partial charge on any atom is -0.264 e. The monoisotopic (exact) mass is 224 g/mol. The molecule has 4 nitrogen and oxygen atoms in total. The molecule has 0 fully saturated rings. The van der Waals surface area contributed by atoms with E-state index in [1.54, 1.807) is 6.20 Å². The Morgan fingerprint density at radius 2 is 2.00 bits per heavy atom. The third kappa shape index (κ3) is 2.01. The number of nitrogens with zero attached hydrogens (tertiary/aromatic N) is 4. The van der Waals surface area contributed by atoms with Gasteiger partial charge in [0.15, 0.2) is 5.65 Å². The van der Waals surface area contributed by atoms with Crippen LogP contribution in [0.2, 0.25) is 0 Å². The second-order valence-corrected chi connectivity index (χ2v) is 4.03. The zero-order valence-corrected chi connectivity index (χ0v) is 9.54. The van der Waals surface area contributed by atoms with Crippen molar-refractivity contribution in [1.82, 2.24) is 19.7 Å². The Morgan fingerprint density at radius 1 is 1.18 bits per heavy atom. The van der Waals surface area contributed by atoms with Crippen LogP contribution in [0.5, 0.6) is 0 Å². The van der Waals surface area contributed by atoms with Gasteiger partial charge in [0, 0.05) is 6.20 Å². The molecule has 17 heavy (non-hydrogen) atoms. The van der Waals surface area contributed by atoms with Crippen LogP contribution in [0, 0.1) is 6.92 Å². The lowest BCUT2D eigenvalue weighted by Crippen LogP contribution is -1.99. The summed E-state index contributed by atoms with van der Waals surface area (Å²) in [5, 5.41) is 4.41. The number of rotatable bonds is 2. The van der Waals surface area contributed by atoms with Crippen LogP contribution < -0.4 is 0 Å². The van der Waals surface area contributed by atoms with E-state index < -0.39 is 0 Å². The minimum atomic E-state index is 0.709. The van der Waals surface area contributed by atoms with Crippen molar-refractivity contribution >= 4 is 11.2 Å². The SMILES string of the molecule is Cc1cnc2cn(Cc3ccccc3)nc2n1. The van der Waals surface area contributed by atoms with Gasteiger partial charge >= 0.3 is 0 Å². The average Bonchev–Trinajstić information content (AvgIpc) is 2.71. The van der Waals surface area contributed by atoms with E-state index in [1.165, 1.54) is 5.56 Å². The highest BCUT2D eigenvalue weighted by molar-refractivity contribution is 5.68. The van der Waals surface area contributed by atoms with Gasteiger partial charge < -0.3 is 0 Å². The fourth-order valence-corrected chi connectivity index (χ4v) is 1.78. The van der Waals surface area contributed by atoms with Crippen LogP contribution in [0.25, 0.3) is 11.2 Å². The Labute approximate surface area is 98.9 Å². The summed E-state index contributed by atoms with van der Waals surface area (Å²) in [6.45, 7) is 2.67. The van der Waals surface area contributed by atoms with Crippen molar-refractivity contribution in [2.75, 3.05) is 0 Å². The quantitative estimate of drug-likeness (QED) is 0.670. The molecular formula is C13H12N4. The van der Waals surface area contributed by atoms with Crippen molar-refractivity contribution in [3.8, 4) is 0 Å². The van der Waals surface area contributed by atoms with E-state index in [0.29, 0.717) is 5.65 Å². The molecular weight excluding hydrogens is 212 g/mol. The summed E-state index contributed by atoms with van der Waals surface area (Å²) >= 11 is 0. The van der Waals surface area contributed by atoms with Crippen molar-refractivity contribution < 1.29 is 0 Å². The number of aryl methyl sites for hydroxylation is 1. The molecule has 0 saturated heterocycles. The number of hydrogen-bond donors (Lipinski definition) is 0. The molecule has 0 saturated carbocycles. The van der Waals surface area contributed by atoms with Gasteiger partial charge in [-0.2, -0.15) is 5.10 Å². The second-order valence-electron chi connectivity index (χ2n) is 4.03. The maximum atomic E-state index is 4.41. The van der Waals surface area contributed by atoms with Crippen molar-refractivity contribution in [2.45, 2.75) is 13.5 Å². The molecule has 0 atom stereocenters. The van der Waals surface area contributed by atoms with E-state index in [0.717, 1.165) is 17.8 Å². The highest BCUT2D eigenvalue weighted by atomic mass is 15.3. The van der Waals surface area contributed by atoms with Gasteiger partial charge in [0.1, 0.15) is 5.52 Å². The highest BCUT2D eigenvalue weighted by Crippen LogP contribution is 2.08. The first-order valence-electron chi connectivity index (χ1n) is 5.52. The zero-order valence-electron chi connectivity index (χ0n) is 9.54. The smallest absolute Gasteiger partial charge is 0.200 e. The fraction of sp³-hybridized carbons (Fsp3) is 0.154. The maximum Gasteiger partial charge on any atom is 0.200 e. The average molecular weight is 224 g/mol. The summed E-state index contributed by atoms with van der Waals surface area (Å²) < 4.78 is 1.87. The lowest BCUT2D eigenvalue weighted by atomic mass is 10.2. The summed E-state index contributed by atoms with van der Waals surface area (Å²) in [4.78, 5) is 8.64. The molecule has 0 aliphatic carbocycles. The normalized spacial score (nSPS) is 10.9. The van der Waals surface area contributed by atoms with E-state index in [-0.39, 0.29) is 0 Å². The van der Waals surface area contributed by atoms with E-state index >= 15 is 0 Å². The number of aromatic nitrogens is 4. The summed E-state index contributed by atoms with van der Waals surface area (Å²) in [6, 6.07) is 10.2. The Hall–Kier alpha value is -2.23. The number of benzene rings is 1. The lowest BCUT2D eigenvalue weighted by molar-refractivity contribution is 0.693. The molecule has 84 valence electrons. The third-order valence-corrected chi connectivity index (χ3v) is 2.58. The van der Waals surface area contributed by atoms with Crippen molar-refractivity contribution in [2.24, 2.45) is 0 Å². The van der Waals surface area contributed by atoms with Gasteiger partial charge in [0.25, 0.3) is 0 Å². The molecule has 0 N–H and O–H groups in total. The molecule has 2 aromatic heterocycles. The largest absolute Gasteiger partial charge is 0.264 e. The van der Waals surface area contributed by atoms with E-state index in [2.05, 4.69) is 27.2 Å². The number of fused-ring (bicyclic) bond motifs is 1. The summed E-state index contributed by atoms with van der Waals surface area (Å²) in [5.74, 6) is 0. The van der Waals surface area contributed by atoms with Crippen molar-refractivity contribution in [3.63, 3.8) is 0 Å². The minimum absolute atomic E-state index is 0.709. The Morgan fingerprint density at radius 3 is 2.82 bits per heavy atom. The van der Waals surface area contributed by atoms with Crippen LogP contribution >= 0.6 is 0 Å². The molecule has 0 aliphatic heterocycles. The first-order valence-corrected chi connectivity index (χ1v) is 5.52. The maximum absolute atomic E-state index is 4.41. The molecule has 0 bridgehead atoms. The van der Waals surface area contributed by atoms with Crippen LogP contribution in [0.4, 0.5) is 0 Å². The molecule has 0 aliphatic rings. The third-order valence-electron chi connectivity index (χ3n) is 2.58. The second kappa shape index (κ2) is 3.97. The van der Waals surface area contributed by atoms with Gasteiger partial charge in [0.05, 0.1) is 18.4 Å². The van der Waals surface area contributed by atoms with Crippen LogP contribution in [0.15, 0.2) is 42.7 Å². The van der Waals surface area contributed by atoms with E-state index in [9.17, 15) is 0 Å². The van der Waals surface area contributed by atoms with Gasteiger partial charge in [-0.3, -0.25) is 4.68 Å². The van der Waals surface area contributed by atoms with Crippen LogP contribution in [0.3, 0.4) is 0 Å². The predicted octanol–water partition coefficient (Wildman–Crippen LogP) is 2.18. The van der Waals surface area contributed by atoms with Crippen LogP contribution in [-0.4, -0.2) is 19.7 Å². The molecule has 3 rings (SSSR count). The van der Waals surface area contributed by atoms with Crippen molar-refractivity contribution in [3.05, 3.63) is 54.0 Å². The van der Waals surface area contributed by atoms with Gasteiger partial charge in [-0.1, -0.05) is 30.3 Å². The van der Waals surface area contributed by atoms with Gasteiger partial charge in [-0.25, -0.2) is 9.97 Å². The first-order chi connectivity index (χ1) is 8.31. The molecule has 2 heterocycles. The topological polar surface area (TPSA) is 43.6 Å². The predicted molar refractivity (Wildman–Crippen MR) is 65.6 cm³/mol. The van der Waals surface area contributed by atoms with E-state index in [4.69, 9.17) is 0 Å². The summed E-state index contributed by atoms with van der Waals surface area (Å²) in [6.07, 6.45) is 3.69. The standard InChI is InChI=1S/C13H12N4/c1-10-7-14-12-9-17(16-13(12)15-10)8-11-5-3-2-4-6-11/h2-7,9H,8H2,1H3. The lowest BCUT2D eigenvalue weighted by Gasteiger charge is -1.99. The van der Waals surface area contributed by atoms with Crippen LogP contribution in [-0.2, 0) is 6.54 Å². The molecule has 0 amide bonds. The molecule has 3 aromatic rings. The Kier molecular flexibility index (Phi) is 2.33. The molecule has 0 unspecified atom stereocenters. The zero-order chi connectivity index (χ0) is 11.7. The Bertz CT molecular complexity index is 643. The van der Waals surface area contributed by atoms with Gasteiger partial charge in [-0.15, -0.1) is 0 Å². The van der Waals surface area contributed by atoms with Gasteiger partial charge in [-0.05, 0) is 12.5 Å². The number of hydrogen-bond acceptors (Lipinski definition) is 3. The highest BCUT2D eigenvalue weighted by Gasteiger charge is 2.03. The Balaban J connectivity index is 1.96. The fourth-order valence-electron chi connectivity index (χ4n) is 1.78. The van der Waals surface area contributed by atoms with Gasteiger partial charge in [0.2, 0.25) is 0 Å². The van der Waals surface area contributed by atoms with E-state index in [1.807, 2.05) is 36.0 Å². The molecule has 0 spiro atoms. The molecule has 4 heteroatoms. The molecule has 0 radical (unpaired) electrons. The molecule has 1 aromatic carbocycles. The summed E-state index contributed by atoms with van der Waals surface area (Å²) in [7, 11) is 0. The summed E-state index contributed by atoms with van der Waals surface area (Å²) in [5.41, 5.74) is 3.66. The van der Waals surface area contributed by atoms with Crippen LogP contribution in [0.1, 0.15) is 11.3 Å².